The zero-order valence-electron chi connectivity index (χ0n) is 5.60. The van der Waals surface area contributed by atoms with E-state index < -0.39 is 5.00 Å². The molecule has 0 aromatic heterocycles. The number of hydrogen-bond acceptors (Lipinski definition) is 2. The van der Waals surface area contributed by atoms with E-state index in [4.69, 9.17) is 11.6 Å². The van der Waals surface area contributed by atoms with E-state index in [9.17, 15) is 4.79 Å². The number of carbonyl (C=O) groups is 1. The molecule has 3 heteroatoms. The van der Waals surface area contributed by atoms with Crippen molar-refractivity contribution in [1.82, 2.24) is 5.32 Å². The molecule has 0 radical (unpaired) electrons. The highest BCUT2D eigenvalue weighted by Gasteiger charge is 2.24. The van der Waals surface area contributed by atoms with Crippen LogP contribution in [0.25, 0.3) is 0 Å². The van der Waals surface area contributed by atoms with Gasteiger partial charge < -0.3 is 5.32 Å². The van der Waals surface area contributed by atoms with Gasteiger partial charge in [-0.2, -0.15) is 0 Å². The molecular weight excluding hydrogens is 150 g/mol. The Morgan fingerprint density at radius 3 is 2.90 bits per heavy atom. The van der Waals surface area contributed by atoms with Gasteiger partial charge in [-0.15, -0.1) is 0 Å². The number of dihydropyridines is 1. The topological polar surface area (TPSA) is 29.1 Å². The summed E-state index contributed by atoms with van der Waals surface area (Å²) in [6.07, 6.45) is 5.90. The minimum absolute atomic E-state index is 0.552. The van der Waals surface area contributed by atoms with Crippen LogP contribution in [0.15, 0.2) is 23.9 Å². The molecular formula is C7H8ClNO. The number of alkyl halides is 1. The fraction of sp³-hybridized carbons (Fsp3) is 0.286. The highest BCUT2D eigenvalue weighted by Crippen LogP contribution is 2.21. The molecule has 1 aliphatic heterocycles. The van der Waals surface area contributed by atoms with Gasteiger partial charge in [-0.25, -0.2) is 0 Å². The molecule has 10 heavy (non-hydrogen) atoms. The van der Waals surface area contributed by atoms with Crippen LogP contribution in [-0.4, -0.2) is 11.3 Å². The van der Waals surface area contributed by atoms with Crippen LogP contribution >= 0.6 is 11.6 Å². The Balaban J connectivity index is 2.91. The van der Waals surface area contributed by atoms with Crippen LogP contribution in [0.2, 0.25) is 0 Å². The summed E-state index contributed by atoms with van der Waals surface area (Å²) in [7, 11) is 0. The number of rotatable bonds is 1. The molecule has 1 rings (SSSR count). The molecule has 0 amide bonds. The lowest BCUT2D eigenvalue weighted by Gasteiger charge is -2.24. The SMILES string of the molecule is CC1(Cl)NC=CC=C1C=O. The van der Waals surface area contributed by atoms with Gasteiger partial charge in [0.1, 0.15) is 11.3 Å². The van der Waals surface area contributed by atoms with Gasteiger partial charge in [0.15, 0.2) is 0 Å². The van der Waals surface area contributed by atoms with Crippen LogP contribution in [0, 0.1) is 0 Å². The van der Waals surface area contributed by atoms with Gasteiger partial charge in [0.05, 0.1) is 0 Å². The lowest BCUT2D eigenvalue weighted by molar-refractivity contribution is -0.105. The van der Waals surface area contributed by atoms with Crippen molar-refractivity contribution in [3.63, 3.8) is 0 Å². The number of allylic oxidation sites excluding steroid dienone is 2. The van der Waals surface area contributed by atoms with Gasteiger partial charge in [-0.1, -0.05) is 17.7 Å². The monoisotopic (exact) mass is 157 g/mol. The van der Waals surface area contributed by atoms with E-state index in [0.29, 0.717) is 5.57 Å². The van der Waals surface area contributed by atoms with Crippen molar-refractivity contribution in [2.75, 3.05) is 0 Å². The summed E-state index contributed by atoms with van der Waals surface area (Å²) in [6, 6.07) is 0. The largest absolute Gasteiger partial charge is 0.369 e. The Morgan fingerprint density at radius 1 is 1.80 bits per heavy atom. The van der Waals surface area contributed by atoms with Crippen LogP contribution in [-0.2, 0) is 4.79 Å². The van der Waals surface area contributed by atoms with Gasteiger partial charge in [0.2, 0.25) is 0 Å². The minimum Gasteiger partial charge on any atom is -0.369 e. The molecule has 1 unspecified atom stereocenters. The van der Waals surface area contributed by atoms with Gasteiger partial charge >= 0.3 is 0 Å². The van der Waals surface area contributed by atoms with Gasteiger partial charge in [-0.3, -0.25) is 4.79 Å². The summed E-state index contributed by atoms with van der Waals surface area (Å²) < 4.78 is 0. The van der Waals surface area contributed by atoms with Crippen LogP contribution in [0.4, 0.5) is 0 Å². The molecule has 0 aliphatic carbocycles. The van der Waals surface area contributed by atoms with E-state index in [1.807, 2.05) is 0 Å². The first-order valence-corrected chi connectivity index (χ1v) is 3.34. The Hall–Kier alpha value is -0.760. The number of aldehydes is 1. The molecule has 54 valence electrons. The molecule has 1 heterocycles. The summed E-state index contributed by atoms with van der Waals surface area (Å²) in [5.41, 5.74) is 0.552. The zero-order chi connectivity index (χ0) is 7.61. The Morgan fingerprint density at radius 2 is 2.50 bits per heavy atom. The third kappa shape index (κ3) is 1.21. The summed E-state index contributed by atoms with van der Waals surface area (Å²) in [5, 5.41) is 2.84. The smallest absolute Gasteiger partial charge is 0.149 e. The number of halogens is 1. The maximum absolute atomic E-state index is 10.3. The summed E-state index contributed by atoms with van der Waals surface area (Å²) in [6.45, 7) is 1.73. The molecule has 0 aromatic carbocycles. The predicted octanol–water partition coefficient (Wildman–Crippen LogP) is 1.18. The molecule has 1 aliphatic rings. The van der Waals surface area contributed by atoms with E-state index in [0.717, 1.165) is 6.29 Å². The highest BCUT2D eigenvalue weighted by molar-refractivity contribution is 6.27. The normalized spacial score (nSPS) is 30.8. The number of hydrogen-bond donors (Lipinski definition) is 1. The van der Waals surface area contributed by atoms with E-state index in [-0.39, 0.29) is 0 Å². The molecule has 0 spiro atoms. The summed E-state index contributed by atoms with van der Waals surface area (Å²) in [4.78, 5) is 9.62. The van der Waals surface area contributed by atoms with Crippen molar-refractivity contribution >= 4 is 17.9 Å². The fourth-order valence-corrected chi connectivity index (χ4v) is 0.917. The van der Waals surface area contributed by atoms with Crippen LogP contribution in [0.3, 0.4) is 0 Å². The summed E-state index contributed by atoms with van der Waals surface area (Å²) >= 11 is 5.88. The Labute approximate surface area is 64.6 Å². The molecule has 0 saturated carbocycles. The third-order valence-electron chi connectivity index (χ3n) is 1.40. The van der Waals surface area contributed by atoms with Crippen molar-refractivity contribution < 1.29 is 4.79 Å². The fourth-order valence-electron chi connectivity index (χ4n) is 0.746. The van der Waals surface area contributed by atoms with Crippen LogP contribution < -0.4 is 5.32 Å². The summed E-state index contributed by atoms with van der Waals surface area (Å²) in [5.74, 6) is 0. The minimum atomic E-state index is -0.726. The first-order valence-electron chi connectivity index (χ1n) is 2.96. The van der Waals surface area contributed by atoms with Crippen molar-refractivity contribution in [2.24, 2.45) is 0 Å². The maximum atomic E-state index is 10.3. The van der Waals surface area contributed by atoms with E-state index in [1.165, 1.54) is 0 Å². The lowest BCUT2D eigenvalue weighted by Crippen LogP contribution is -2.36. The zero-order valence-corrected chi connectivity index (χ0v) is 6.35. The first-order chi connectivity index (χ1) is 4.67. The molecule has 0 saturated heterocycles. The Kier molecular flexibility index (Phi) is 1.81. The highest BCUT2D eigenvalue weighted by atomic mass is 35.5. The lowest BCUT2D eigenvalue weighted by atomic mass is 10.1. The van der Waals surface area contributed by atoms with Gasteiger partial charge in [-0.05, 0) is 19.2 Å². The quantitative estimate of drug-likeness (QED) is 0.352. The van der Waals surface area contributed by atoms with E-state index in [2.05, 4.69) is 5.32 Å². The van der Waals surface area contributed by atoms with Gasteiger partial charge in [0, 0.05) is 5.57 Å². The van der Waals surface area contributed by atoms with E-state index in [1.54, 1.807) is 25.3 Å². The predicted molar refractivity (Wildman–Crippen MR) is 40.7 cm³/mol. The molecule has 0 aromatic rings. The third-order valence-corrected chi connectivity index (χ3v) is 1.72. The Bertz CT molecular complexity index is 206. The molecule has 0 bridgehead atoms. The van der Waals surface area contributed by atoms with Crippen LogP contribution in [0.1, 0.15) is 6.92 Å². The number of carbonyl (C=O) groups excluding carboxylic acids is 1. The molecule has 2 nitrogen and oxygen atoms in total. The molecule has 1 N–H and O–H groups in total. The number of nitrogens with one attached hydrogen (secondary N) is 1. The maximum Gasteiger partial charge on any atom is 0.149 e. The molecule has 0 fully saturated rings. The second-order valence-corrected chi connectivity index (χ2v) is 3.00. The van der Waals surface area contributed by atoms with Crippen molar-refractivity contribution in [2.45, 2.75) is 11.9 Å². The van der Waals surface area contributed by atoms with Crippen LogP contribution in [0.5, 0.6) is 0 Å². The first kappa shape index (κ1) is 7.35. The second kappa shape index (κ2) is 2.46. The standard InChI is InChI=1S/C7H8ClNO/c1-7(8)6(5-10)3-2-4-9-7/h2-5,9H,1H3. The second-order valence-electron chi connectivity index (χ2n) is 2.25. The average molecular weight is 158 g/mol. The van der Waals surface area contributed by atoms with Gasteiger partial charge in [0.25, 0.3) is 0 Å². The van der Waals surface area contributed by atoms with E-state index >= 15 is 0 Å². The van der Waals surface area contributed by atoms with Crippen molar-refractivity contribution in [3.8, 4) is 0 Å². The van der Waals surface area contributed by atoms with Crippen molar-refractivity contribution in [1.29, 1.82) is 0 Å². The molecule has 1 atom stereocenters. The average Bonchev–Trinajstić information content (AvgIpc) is 1.87. The van der Waals surface area contributed by atoms with Crippen molar-refractivity contribution in [3.05, 3.63) is 23.9 Å².